The molecule has 140 valence electrons. The molecule has 8 nitrogen and oxygen atoms in total. The third kappa shape index (κ3) is 4.50. The van der Waals surface area contributed by atoms with E-state index in [4.69, 9.17) is 4.74 Å². The van der Waals surface area contributed by atoms with E-state index < -0.39 is 36.1 Å². The van der Waals surface area contributed by atoms with Gasteiger partial charge in [-0.25, -0.2) is 9.59 Å². The number of ether oxygens (including phenoxy) is 1. The van der Waals surface area contributed by atoms with Crippen molar-refractivity contribution in [2.24, 2.45) is 5.92 Å². The predicted molar refractivity (Wildman–Crippen MR) is 90.6 cm³/mol. The van der Waals surface area contributed by atoms with Gasteiger partial charge in [-0.1, -0.05) is 12.2 Å². The first-order valence-corrected chi connectivity index (χ1v) is 8.73. The first-order chi connectivity index (χ1) is 11.9. The molecule has 8 heteroatoms. The van der Waals surface area contributed by atoms with Gasteiger partial charge in [-0.2, -0.15) is 0 Å². The highest BCUT2D eigenvalue weighted by molar-refractivity contribution is 5.95. The lowest BCUT2D eigenvalue weighted by atomic mass is 10.1. The minimum atomic E-state index is -1.12. The van der Waals surface area contributed by atoms with Crippen LogP contribution in [0.3, 0.4) is 0 Å². The van der Waals surface area contributed by atoms with Gasteiger partial charge in [-0.05, 0) is 32.6 Å². The first kappa shape index (κ1) is 19.2. The van der Waals surface area contributed by atoms with E-state index in [0.29, 0.717) is 13.0 Å². The van der Waals surface area contributed by atoms with Crippen LogP contribution in [0.4, 0.5) is 4.79 Å². The molecular weight excluding hydrogens is 326 g/mol. The Morgan fingerprint density at radius 2 is 2.20 bits per heavy atom. The number of aliphatic hydroxyl groups is 1. The van der Waals surface area contributed by atoms with Crippen molar-refractivity contribution in [3.05, 3.63) is 12.2 Å². The van der Waals surface area contributed by atoms with Gasteiger partial charge < -0.3 is 25.4 Å². The van der Waals surface area contributed by atoms with Gasteiger partial charge in [0.25, 0.3) is 0 Å². The summed E-state index contributed by atoms with van der Waals surface area (Å²) >= 11 is 0. The van der Waals surface area contributed by atoms with Crippen LogP contribution in [0.25, 0.3) is 0 Å². The summed E-state index contributed by atoms with van der Waals surface area (Å²) in [4.78, 5) is 38.4. The number of nitrogens with one attached hydrogen (secondary N) is 2. The van der Waals surface area contributed by atoms with Crippen LogP contribution in [0, 0.1) is 5.92 Å². The summed E-state index contributed by atoms with van der Waals surface area (Å²) in [5.41, 5.74) is -1.10. The van der Waals surface area contributed by atoms with Gasteiger partial charge in [0.1, 0.15) is 11.6 Å². The molecule has 2 rings (SSSR count). The van der Waals surface area contributed by atoms with Crippen LogP contribution in [0.2, 0.25) is 0 Å². The molecule has 1 saturated carbocycles. The molecule has 3 N–H and O–H groups in total. The number of fused-ring (bicyclic) bond motifs is 1. The normalized spacial score (nSPS) is 31.9. The fourth-order valence-electron chi connectivity index (χ4n) is 2.94. The van der Waals surface area contributed by atoms with Crippen molar-refractivity contribution < 1.29 is 24.2 Å². The third-order valence-corrected chi connectivity index (χ3v) is 4.63. The molecule has 0 radical (unpaired) electrons. The maximum Gasteiger partial charge on any atom is 0.332 e. The summed E-state index contributed by atoms with van der Waals surface area (Å²) in [5.74, 6) is -1.20. The smallest absolute Gasteiger partial charge is 0.332 e. The molecule has 1 heterocycles. The second-order valence-electron chi connectivity index (χ2n) is 6.52. The molecular formula is C17H27N3O5. The number of rotatable bonds is 3. The van der Waals surface area contributed by atoms with E-state index >= 15 is 0 Å². The topological polar surface area (TPSA) is 108 Å². The third-order valence-electron chi connectivity index (χ3n) is 4.63. The second-order valence-corrected chi connectivity index (χ2v) is 6.52. The van der Waals surface area contributed by atoms with Crippen molar-refractivity contribution in [2.75, 3.05) is 26.8 Å². The van der Waals surface area contributed by atoms with E-state index in [1.807, 2.05) is 12.2 Å². The van der Waals surface area contributed by atoms with Crippen molar-refractivity contribution in [2.45, 2.75) is 44.2 Å². The van der Waals surface area contributed by atoms with Crippen LogP contribution in [0.5, 0.6) is 0 Å². The maximum absolute atomic E-state index is 12.5. The number of carbonyl (C=O) groups is 3. The Hall–Kier alpha value is -2.09. The number of aliphatic hydroxyl groups excluding tert-OH is 1. The van der Waals surface area contributed by atoms with Crippen LogP contribution >= 0.6 is 0 Å². The van der Waals surface area contributed by atoms with Gasteiger partial charge in [0.2, 0.25) is 5.91 Å². The van der Waals surface area contributed by atoms with Crippen molar-refractivity contribution in [1.82, 2.24) is 15.5 Å². The Morgan fingerprint density at radius 3 is 2.88 bits per heavy atom. The van der Waals surface area contributed by atoms with Crippen molar-refractivity contribution in [3.8, 4) is 0 Å². The van der Waals surface area contributed by atoms with Gasteiger partial charge in [0, 0.05) is 19.5 Å². The predicted octanol–water partition coefficient (Wildman–Crippen LogP) is 0.167. The molecule has 0 unspecified atom stereocenters. The average molecular weight is 353 g/mol. The molecule has 0 bridgehead atoms. The SMILES string of the molecule is CCOC(=O)[C@@]12C[C@@H]1/C=C\CCCCN(C)C(=O)N[C@@H](CO)C(=O)N2. The maximum atomic E-state index is 12.5. The lowest BCUT2D eigenvalue weighted by Gasteiger charge is -2.24. The summed E-state index contributed by atoms with van der Waals surface area (Å²) in [6.07, 6.45) is 7.01. The van der Waals surface area contributed by atoms with Gasteiger partial charge in [-0.3, -0.25) is 4.79 Å². The molecule has 3 atom stereocenters. The quantitative estimate of drug-likeness (QED) is 0.495. The average Bonchev–Trinajstić information content (AvgIpc) is 3.28. The van der Waals surface area contributed by atoms with E-state index in [2.05, 4.69) is 10.6 Å². The fraction of sp³-hybridized carbons (Fsp3) is 0.706. The Bertz CT molecular complexity index is 550. The van der Waals surface area contributed by atoms with E-state index in [0.717, 1.165) is 19.3 Å². The van der Waals surface area contributed by atoms with E-state index in [-0.39, 0.29) is 12.5 Å². The number of hydrogen-bond donors (Lipinski definition) is 3. The van der Waals surface area contributed by atoms with E-state index in [9.17, 15) is 19.5 Å². The minimum absolute atomic E-state index is 0.129. The molecule has 1 fully saturated rings. The van der Waals surface area contributed by atoms with E-state index in [1.54, 1.807) is 14.0 Å². The molecule has 0 saturated heterocycles. The summed E-state index contributed by atoms with van der Waals surface area (Å²) in [6.45, 7) is 1.94. The summed E-state index contributed by atoms with van der Waals surface area (Å²) in [6, 6.07) is -1.55. The van der Waals surface area contributed by atoms with Crippen LogP contribution in [-0.2, 0) is 14.3 Å². The highest BCUT2D eigenvalue weighted by atomic mass is 16.5. The Morgan fingerprint density at radius 1 is 1.44 bits per heavy atom. The number of hydrogen-bond acceptors (Lipinski definition) is 5. The van der Waals surface area contributed by atoms with E-state index in [1.165, 1.54) is 4.90 Å². The zero-order valence-corrected chi connectivity index (χ0v) is 14.8. The van der Waals surface area contributed by atoms with Crippen LogP contribution < -0.4 is 10.6 Å². The van der Waals surface area contributed by atoms with Gasteiger partial charge in [-0.15, -0.1) is 0 Å². The molecule has 2 aliphatic rings. The number of urea groups is 1. The van der Waals surface area contributed by atoms with Crippen molar-refractivity contribution >= 4 is 17.9 Å². The molecule has 0 spiro atoms. The summed E-state index contributed by atoms with van der Waals surface area (Å²) < 4.78 is 5.10. The highest BCUT2D eigenvalue weighted by Crippen LogP contribution is 2.45. The van der Waals surface area contributed by atoms with Crippen molar-refractivity contribution in [3.63, 3.8) is 0 Å². The Balaban J connectivity index is 2.19. The Kier molecular flexibility index (Phi) is 6.41. The fourth-order valence-corrected chi connectivity index (χ4v) is 2.94. The molecule has 25 heavy (non-hydrogen) atoms. The first-order valence-electron chi connectivity index (χ1n) is 8.73. The van der Waals surface area contributed by atoms with Gasteiger partial charge in [0.05, 0.1) is 13.2 Å². The summed E-state index contributed by atoms with van der Waals surface area (Å²) in [5, 5.41) is 14.7. The molecule has 3 amide bonds. The number of esters is 1. The number of amides is 3. The number of nitrogens with zero attached hydrogens (tertiary/aromatic N) is 1. The van der Waals surface area contributed by atoms with Gasteiger partial charge in [0.15, 0.2) is 0 Å². The second kappa shape index (κ2) is 8.33. The van der Waals surface area contributed by atoms with Crippen molar-refractivity contribution in [1.29, 1.82) is 0 Å². The lowest BCUT2D eigenvalue weighted by molar-refractivity contribution is -0.149. The highest BCUT2D eigenvalue weighted by Gasteiger charge is 2.61. The van der Waals surface area contributed by atoms with Crippen LogP contribution in [0.15, 0.2) is 12.2 Å². The minimum Gasteiger partial charge on any atom is -0.464 e. The zero-order chi connectivity index (χ0) is 18.4. The molecule has 1 aliphatic carbocycles. The number of carbonyl (C=O) groups excluding carboxylic acids is 3. The molecule has 0 aromatic rings. The number of allylic oxidation sites excluding steroid dienone is 1. The molecule has 0 aromatic carbocycles. The largest absolute Gasteiger partial charge is 0.464 e. The molecule has 0 aromatic heterocycles. The Labute approximate surface area is 147 Å². The lowest BCUT2D eigenvalue weighted by Crippen LogP contribution is -2.56. The summed E-state index contributed by atoms with van der Waals surface area (Å²) in [7, 11) is 1.64. The van der Waals surface area contributed by atoms with Crippen LogP contribution in [0.1, 0.15) is 32.6 Å². The van der Waals surface area contributed by atoms with Crippen LogP contribution in [-0.4, -0.2) is 66.3 Å². The molecule has 1 aliphatic heterocycles. The monoisotopic (exact) mass is 353 g/mol. The zero-order valence-electron chi connectivity index (χ0n) is 14.8. The standard InChI is InChI=1S/C17H27N3O5/c1-3-25-15(23)17-10-12(17)8-6-4-5-7-9-20(2)16(24)18-13(11-21)14(22)19-17/h6,8,12-13,21H,3-5,7,9-11H2,1-2H3,(H,18,24)(H,19,22)/b8-6-/t12-,13-,17+/m0/s1. The van der Waals surface area contributed by atoms with Gasteiger partial charge >= 0.3 is 12.0 Å².